The van der Waals surface area contributed by atoms with Gasteiger partial charge in [0.15, 0.2) is 16.3 Å². The summed E-state index contributed by atoms with van der Waals surface area (Å²) in [5, 5.41) is 0. The first-order chi connectivity index (χ1) is 21.1. The molecule has 1 aliphatic heterocycles. The highest BCUT2D eigenvalue weighted by molar-refractivity contribution is 7.07. The fourth-order valence-corrected chi connectivity index (χ4v) is 6.97. The maximum Gasteiger partial charge on any atom is 0.271 e. The SMILES string of the molecule is COc1cc(/C=c2\sc3n(c2=O)[C@H](c2ccccc2OC)C2=C(N=3)c3ccccc3CC2)ccc1OCc1ccccc1. The third-order valence-electron chi connectivity index (χ3n) is 8.03. The molecule has 0 fully saturated rings. The fourth-order valence-electron chi connectivity index (χ4n) is 5.97. The molecule has 1 aliphatic carbocycles. The van der Waals surface area contributed by atoms with Gasteiger partial charge in [0, 0.05) is 11.1 Å². The van der Waals surface area contributed by atoms with Crippen molar-refractivity contribution in [3.8, 4) is 17.2 Å². The molecule has 0 spiro atoms. The maximum atomic E-state index is 14.2. The summed E-state index contributed by atoms with van der Waals surface area (Å²) in [5.41, 5.74) is 7.33. The molecule has 0 bridgehead atoms. The molecule has 1 aromatic heterocycles. The van der Waals surface area contributed by atoms with E-state index in [1.165, 1.54) is 16.9 Å². The molecule has 7 heteroatoms. The fraction of sp³-hybridized carbons (Fsp3) is 0.167. The monoisotopic (exact) mass is 586 g/mol. The Labute approximate surface area is 253 Å². The highest BCUT2D eigenvalue weighted by Gasteiger charge is 2.34. The predicted molar refractivity (Wildman–Crippen MR) is 170 cm³/mol. The number of ether oxygens (including phenoxy) is 3. The molecule has 43 heavy (non-hydrogen) atoms. The van der Waals surface area contributed by atoms with Crippen LogP contribution in [0.3, 0.4) is 0 Å². The van der Waals surface area contributed by atoms with Gasteiger partial charge in [-0.05, 0) is 59.4 Å². The van der Waals surface area contributed by atoms with Crippen LogP contribution >= 0.6 is 11.3 Å². The molecule has 5 aromatic rings. The van der Waals surface area contributed by atoms with E-state index < -0.39 is 0 Å². The van der Waals surface area contributed by atoms with E-state index in [-0.39, 0.29) is 11.6 Å². The molecule has 7 rings (SSSR count). The van der Waals surface area contributed by atoms with E-state index in [0.29, 0.717) is 27.4 Å². The van der Waals surface area contributed by atoms with Crippen molar-refractivity contribution in [2.75, 3.05) is 14.2 Å². The number of rotatable bonds is 7. The number of para-hydroxylation sites is 1. The summed E-state index contributed by atoms with van der Waals surface area (Å²) in [6, 6.07) is 31.8. The molecule has 214 valence electrons. The molecular formula is C36H30N2O4S. The number of benzene rings is 4. The molecule has 0 N–H and O–H groups in total. The van der Waals surface area contributed by atoms with Crippen molar-refractivity contribution in [3.05, 3.63) is 150 Å². The molecule has 1 atom stereocenters. The Morgan fingerprint density at radius 1 is 0.860 bits per heavy atom. The predicted octanol–water partition coefficient (Wildman–Crippen LogP) is 5.91. The minimum absolute atomic E-state index is 0.0755. The van der Waals surface area contributed by atoms with Gasteiger partial charge < -0.3 is 14.2 Å². The summed E-state index contributed by atoms with van der Waals surface area (Å²) in [4.78, 5) is 20.0. The first-order valence-electron chi connectivity index (χ1n) is 14.3. The number of nitrogens with zero attached hydrogens (tertiary/aromatic N) is 2. The number of aryl methyl sites for hydroxylation is 1. The Balaban J connectivity index is 1.34. The van der Waals surface area contributed by atoms with E-state index in [2.05, 4.69) is 30.3 Å². The number of hydrogen-bond acceptors (Lipinski definition) is 6. The summed E-state index contributed by atoms with van der Waals surface area (Å²) in [6.45, 7) is 0.436. The van der Waals surface area contributed by atoms with E-state index in [1.807, 2.05) is 77.4 Å². The number of thiazole rings is 1. The van der Waals surface area contributed by atoms with Crippen molar-refractivity contribution >= 4 is 23.1 Å². The second-order valence-electron chi connectivity index (χ2n) is 10.5. The van der Waals surface area contributed by atoms with Crippen molar-refractivity contribution in [3.63, 3.8) is 0 Å². The van der Waals surface area contributed by atoms with Gasteiger partial charge in [-0.2, -0.15) is 0 Å². The van der Waals surface area contributed by atoms with Crippen molar-refractivity contribution < 1.29 is 14.2 Å². The molecule has 2 aliphatic rings. The molecule has 0 radical (unpaired) electrons. The number of hydrogen-bond donors (Lipinski definition) is 0. The highest BCUT2D eigenvalue weighted by atomic mass is 32.1. The molecule has 0 saturated carbocycles. The van der Waals surface area contributed by atoms with Gasteiger partial charge in [-0.1, -0.05) is 90.2 Å². The lowest BCUT2D eigenvalue weighted by molar-refractivity contribution is 0.284. The van der Waals surface area contributed by atoms with Crippen LogP contribution in [0.4, 0.5) is 0 Å². The Morgan fingerprint density at radius 2 is 1.63 bits per heavy atom. The zero-order valence-corrected chi connectivity index (χ0v) is 24.8. The molecule has 4 aromatic carbocycles. The minimum atomic E-state index is -0.304. The van der Waals surface area contributed by atoms with E-state index in [0.717, 1.165) is 52.1 Å². The number of fused-ring (bicyclic) bond motifs is 3. The van der Waals surface area contributed by atoms with Gasteiger partial charge in [0.25, 0.3) is 5.56 Å². The van der Waals surface area contributed by atoms with Crippen LogP contribution in [0.1, 0.15) is 40.3 Å². The van der Waals surface area contributed by atoms with Gasteiger partial charge in [-0.15, -0.1) is 0 Å². The third-order valence-corrected chi connectivity index (χ3v) is 9.01. The topological polar surface area (TPSA) is 62.0 Å². The Kier molecular flexibility index (Phi) is 7.17. The largest absolute Gasteiger partial charge is 0.496 e. The van der Waals surface area contributed by atoms with Crippen LogP contribution in [0, 0.1) is 0 Å². The van der Waals surface area contributed by atoms with E-state index in [4.69, 9.17) is 19.2 Å². The number of methoxy groups -OCH3 is 2. The van der Waals surface area contributed by atoms with Crippen molar-refractivity contribution in [2.24, 2.45) is 4.99 Å². The second kappa shape index (κ2) is 11.4. The average molecular weight is 587 g/mol. The van der Waals surface area contributed by atoms with Gasteiger partial charge in [-0.25, -0.2) is 4.99 Å². The molecule has 2 heterocycles. The van der Waals surface area contributed by atoms with Crippen LogP contribution in [0.5, 0.6) is 17.2 Å². The van der Waals surface area contributed by atoms with Gasteiger partial charge in [0.2, 0.25) is 0 Å². The van der Waals surface area contributed by atoms with Gasteiger partial charge >= 0.3 is 0 Å². The normalized spacial score (nSPS) is 15.7. The lowest BCUT2D eigenvalue weighted by Crippen LogP contribution is -2.39. The zero-order chi connectivity index (χ0) is 29.3. The molecular weight excluding hydrogens is 556 g/mol. The quantitative estimate of drug-likeness (QED) is 0.238. The summed E-state index contributed by atoms with van der Waals surface area (Å²) in [6.07, 6.45) is 3.63. The summed E-state index contributed by atoms with van der Waals surface area (Å²) < 4.78 is 19.9. The highest BCUT2D eigenvalue weighted by Crippen LogP contribution is 2.43. The van der Waals surface area contributed by atoms with E-state index >= 15 is 0 Å². The third kappa shape index (κ3) is 4.96. The van der Waals surface area contributed by atoms with Gasteiger partial charge in [0.1, 0.15) is 12.4 Å². The van der Waals surface area contributed by atoms with Crippen molar-refractivity contribution in [1.82, 2.24) is 4.57 Å². The first-order valence-corrected chi connectivity index (χ1v) is 15.1. The first kappa shape index (κ1) is 27.0. The van der Waals surface area contributed by atoms with Crippen LogP contribution in [-0.2, 0) is 13.0 Å². The molecule has 0 saturated heterocycles. The minimum Gasteiger partial charge on any atom is -0.496 e. The Morgan fingerprint density at radius 3 is 2.47 bits per heavy atom. The van der Waals surface area contributed by atoms with Crippen LogP contribution < -0.4 is 29.1 Å². The lowest BCUT2D eigenvalue weighted by atomic mass is 9.83. The summed E-state index contributed by atoms with van der Waals surface area (Å²) in [7, 11) is 3.30. The van der Waals surface area contributed by atoms with Crippen molar-refractivity contribution in [2.45, 2.75) is 25.5 Å². The smallest absolute Gasteiger partial charge is 0.271 e. The maximum absolute atomic E-state index is 14.2. The standard InChI is InChI=1S/C36H30N2O4S/c1-40-29-15-9-8-14-27(29)34-28-18-17-25-12-6-7-13-26(25)33(28)37-36-38(34)35(39)32(43-36)21-24-16-19-30(31(20-24)41-2)42-22-23-10-4-3-5-11-23/h3-16,19-21,34H,17-18,22H2,1-2H3/b32-21-/t34-/m1/s1. The Hall–Kier alpha value is -4.88. The molecule has 0 unspecified atom stereocenters. The zero-order valence-electron chi connectivity index (χ0n) is 23.9. The van der Waals surface area contributed by atoms with Crippen LogP contribution in [0.2, 0.25) is 0 Å². The van der Waals surface area contributed by atoms with E-state index in [9.17, 15) is 4.79 Å². The summed E-state index contributed by atoms with van der Waals surface area (Å²) >= 11 is 1.41. The van der Waals surface area contributed by atoms with Crippen LogP contribution in [0.25, 0.3) is 11.8 Å². The second-order valence-corrected chi connectivity index (χ2v) is 11.5. The number of allylic oxidation sites excluding steroid dienone is 1. The molecule has 6 nitrogen and oxygen atoms in total. The van der Waals surface area contributed by atoms with Gasteiger partial charge in [-0.3, -0.25) is 9.36 Å². The van der Waals surface area contributed by atoms with Crippen molar-refractivity contribution in [1.29, 1.82) is 0 Å². The van der Waals surface area contributed by atoms with Gasteiger partial charge in [0.05, 0.1) is 30.5 Å². The Bertz CT molecular complexity index is 2040. The number of aromatic nitrogens is 1. The van der Waals surface area contributed by atoms with Crippen LogP contribution in [-0.4, -0.2) is 18.8 Å². The lowest BCUT2D eigenvalue weighted by Gasteiger charge is -2.31. The summed E-state index contributed by atoms with van der Waals surface area (Å²) in [5.74, 6) is 2.01. The van der Waals surface area contributed by atoms with E-state index in [1.54, 1.807) is 14.2 Å². The molecule has 0 amide bonds. The van der Waals surface area contributed by atoms with Crippen LogP contribution in [0.15, 0.2) is 112 Å². The average Bonchev–Trinajstić information content (AvgIpc) is 3.37.